The van der Waals surface area contributed by atoms with Gasteiger partial charge in [-0.25, -0.2) is 0 Å². The quantitative estimate of drug-likeness (QED) is 0.660. The van der Waals surface area contributed by atoms with Gasteiger partial charge in [-0.1, -0.05) is 42.5 Å². The summed E-state index contributed by atoms with van der Waals surface area (Å²) < 4.78 is 11.9. The molecule has 2 aromatic rings. The average molecular weight is 331 g/mol. The topological polar surface area (TPSA) is 94.9 Å². The number of rotatable bonds is 4. The Hall–Kier alpha value is -2.27. The Morgan fingerprint density at radius 3 is 1.83 bits per heavy atom. The second kappa shape index (κ2) is 5.74. The van der Waals surface area contributed by atoms with Gasteiger partial charge in [0.15, 0.2) is 0 Å². The molecule has 0 saturated heterocycles. The van der Waals surface area contributed by atoms with Crippen LogP contribution in [0.2, 0.25) is 0 Å². The first-order valence-electron chi connectivity index (χ1n) is 6.95. The van der Waals surface area contributed by atoms with E-state index in [-0.39, 0.29) is 17.5 Å². The minimum Gasteiger partial charge on any atom is -0.323 e. The Labute approximate surface area is 132 Å². The minimum absolute atomic E-state index is 0.101. The fourth-order valence-corrected chi connectivity index (χ4v) is 3.62. The van der Waals surface area contributed by atoms with Gasteiger partial charge in [0.2, 0.25) is 0 Å². The number of amides is 2. The van der Waals surface area contributed by atoms with Crippen LogP contribution in [-0.2, 0) is 11.0 Å². The van der Waals surface area contributed by atoms with Crippen molar-refractivity contribution < 1.29 is 23.9 Å². The molecule has 0 aromatic heterocycles. The maximum absolute atomic E-state index is 12.4. The highest BCUT2D eigenvalue weighted by Gasteiger charge is 2.46. The molecule has 118 valence electrons. The van der Waals surface area contributed by atoms with Gasteiger partial charge in [0.05, 0.1) is 11.1 Å². The van der Waals surface area contributed by atoms with Gasteiger partial charge in [0, 0.05) is 6.42 Å². The van der Waals surface area contributed by atoms with Crippen molar-refractivity contribution >= 4 is 19.4 Å². The van der Waals surface area contributed by atoms with Gasteiger partial charge >= 0.3 is 7.60 Å². The molecule has 1 atom stereocenters. The fourth-order valence-electron chi connectivity index (χ4n) is 2.66. The van der Waals surface area contributed by atoms with Crippen molar-refractivity contribution in [2.75, 3.05) is 0 Å². The van der Waals surface area contributed by atoms with Crippen LogP contribution >= 0.6 is 7.60 Å². The predicted octanol–water partition coefficient (Wildman–Crippen LogP) is 2.03. The van der Waals surface area contributed by atoms with Crippen LogP contribution in [-0.4, -0.2) is 32.3 Å². The first kappa shape index (κ1) is 15.6. The van der Waals surface area contributed by atoms with Crippen LogP contribution in [0.25, 0.3) is 0 Å². The van der Waals surface area contributed by atoms with E-state index in [1.54, 1.807) is 42.5 Å². The molecule has 6 nitrogen and oxygen atoms in total. The number of hydrogen-bond donors (Lipinski definition) is 2. The van der Waals surface area contributed by atoms with Crippen LogP contribution in [0.4, 0.5) is 0 Å². The molecular weight excluding hydrogens is 317 g/mol. The normalized spacial score (nSPS) is 15.7. The lowest BCUT2D eigenvalue weighted by Gasteiger charge is -2.26. The van der Waals surface area contributed by atoms with E-state index in [0.717, 1.165) is 0 Å². The van der Waals surface area contributed by atoms with Gasteiger partial charge in [0.25, 0.3) is 11.8 Å². The number of carbonyl (C=O) groups excluding carboxylic acids is 2. The van der Waals surface area contributed by atoms with E-state index in [1.807, 2.05) is 0 Å². The molecule has 1 aliphatic rings. The molecule has 1 aliphatic heterocycles. The van der Waals surface area contributed by atoms with Crippen LogP contribution < -0.4 is 0 Å². The number of imide groups is 1. The molecule has 2 aromatic carbocycles. The largest absolute Gasteiger partial charge is 0.348 e. The molecule has 1 heterocycles. The van der Waals surface area contributed by atoms with Crippen molar-refractivity contribution in [1.29, 1.82) is 0 Å². The molecule has 0 bridgehead atoms. The zero-order valence-corrected chi connectivity index (χ0v) is 12.9. The third-order valence-electron chi connectivity index (χ3n) is 3.77. The molecule has 3 rings (SSSR count). The molecule has 0 spiro atoms. The van der Waals surface area contributed by atoms with Gasteiger partial charge in [-0.2, -0.15) is 0 Å². The zero-order chi connectivity index (χ0) is 16.6. The van der Waals surface area contributed by atoms with Crippen LogP contribution in [0.3, 0.4) is 0 Å². The van der Waals surface area contributed by atoms with E-state index in [4.69, 9.17) is 0 Å². The Morgan fingerprint density at radius 2 is 1.35 bits per heavy atom. The minimum atomic E-state index is -4.71. The van der Waals surface area contributed by atoms with Crippen molar-refractivity contribution in [3.8, 4) is 0 Å². The lowest BCUT2D eigenvalue weighted by molar-refractivity contribution is 0.0613. The van der Waals surface area contributed by atoms with E-state index in [2.05, 4.69) is 0 Å². The van der Waals surface area contributed by atoms with Gasteiger partial charge in [-0.3, -0.25) is 19.1 Å². The molecule has 0 radical (unpaired) electrons. The third-order valence-corrected chi connectivity index (χ3v) is 4.96. The van der Waals surface area contributed by atoms with Crippen molar-refractivity contribution in [3.05, 3.63) is 71.3 Å². The lowest BCUT2D eigenvalue weighted by Crippen LogP contribution is -2.41. The highest BCUT2D eigenvalue weighted by molar-refractivity contribution is 7.52. The number of benzene rings is 2. The fraction of sp³-hybridized carbons (Fsp3) is 0.125. The summed E-state index contributed by atoms with van der Waals surface area (Å²) in [7, 11) is -4.71. The third kappa shape index (κ3) is 2.84. The molecule has 1 unspecified atom stereocenters. The van der Waals surface area contributed by atoms with E-state index < -0.39 is 25.2 Å². The summed E-state index contributed by atoms with van der Waals surface area (Å²) in [6, 6.07) is 14.8. The second-order valence-electron chi connectivity index (χ2n) is 5.29. The summed E-state index contributed by atoms with van der Waals surface area (Å²) in [6.07, 6.45) is -0.101. The maximum atomic E-state index is 12.4. The molecule has 0 saturated carbocycles. The zero-order valence-electron chi connectivity index (χ0n) is 12.0. The predicted molar refractivity (Wildman–Crippen MR) is 82.9 cm³/mol. The van der Waals surface area contributed by atoms with E-state index in [9.17, 15) is 23.9 Å². The number of carbonyl (C=O) groups is 2. The van der Waals surface area contributed by atoms with Crippen molar-refractivity contribution in [2.24, 2.45) is 0 Å². The van der Waals surface area contributed by atoms with Gasteiger partial charge in [-0.15, -0.1) is 0 Å². The number of hydrogen-bond acceptors (Lipinski definition) is 3. The molecular formula is C16H14NO5P. The van der Waals surface area contributed by atoms with Crippen LogP contribution in [0.1, 0.15) is 26.3 Å². The van der Waals surface area contributed by atoms with Crippen molar-refractivity contribution in [2.45, 2.75) is 12.2 Å². The van der Waals surface area contributed by atoms with Gasteiger partial charge < -0.3 is 9.79 Å². The van der Waals surface area contributed by atoms with E-state index in [0.29, 0.717) is 10.5 Å². The van der Waals surface area contributed by atoms with Crippen LogP contribution in [0.15, 0.2) is 54.6 Å². The van der Waals surface area contributed by atoms with Crippen LogP contribution in [0.5, 0.6) is 0 Å². The Kier molecular flexibility index (Phi) is 3.90. The monoisotopic (exact) mass is 331 g/mol. The Balaban J connectivity index is 2.01. The molecule has 0 aliphatic carbocycles. The Morgan fingerprint density at radius 1 is 0.870 bits per heavy atom. The summed E-state index contributed by atoms with van der Waals surface area (Å²) in [5.41, 5.74) is 0.977. The van der Waals surface area contributed by atoms with Crippen molar-refractivity contribution in [3.63, 3.8) is 0 Å². The molecule has 23 heavy (non-hydrogen) atoms. The summed E-state index contributed by atoms with van der Waals surface area (Å²) in [5, 5.41) is 0. The van der Waals surface area contributed by atoms with Gasteiger partial charge in [0.1, 0.15) is 5.78 Å². The smallest absolute Gasteiger partial charge is 0.323 e. The van der Waals surface area contributed by atoms with E-state index in [1.165, 1.54) is 12.1 Å². The maximum Gasteiger partial charge on any atom is 0.348 e. The molecule has 0 fully saturated rings. The SMILES string of the molecule is O=C1c2ccccc2C(=O)N1C(Cc1ccccc1)P(=O)(O)O. The molecule has 2 amide bonds. The van der Waals surface area contributed by atoms with Crippen LogP contribution in [0, 0.1) is 0 Å². The Bertz CT molecular complexity index is 779. The number of fused-ring (bicyclic) bond motifs is 1. The second-order valence-corrected chi connectivity index (χ2v) is 7.06. The van der Waals surface area contributed by atoms with Gasteiger partial charge in [-0.05, 0) is 17.7 Å². The highest BCUT2D eigenvalue weighted by atomic mass is 31.2. The standard InChI is InChI=1S/C16H14NO5P/c18-15-12-8-4-5-9-13(12)16(19)17(15)14(23(20,21)22)10-11-6-2-1-3-7-11/h1-9,14H,10H2,(H2,20,21,22). The molecule has 7 heteroatoms. The highest BCUT2D eigenvalue weighted by Crippen LogP contribution is 2.46. The summed E-state index contributed by atoms with van der Waals surface area (Å²) in [4.78, 5) is 44.9. The first-order chi connectivity index (χ1) is 10.9. The summed E-state index contributed by atoms with van der Waals surface area (Å²) in [6.45, 7) is 0. The average Bonchev–Trinajstić information content (AvgIpc) is 2.77. The summed E-state index contributed by atoms with van der Waals surface area (Å²) >= 11 is 0. The summed E-state index contributed by atoms with van der Waals surface area (Å²) in [5.74, 6) is -2.86. The first-order valence-corrected chi connectivity index (χ1v) is 8.64. The van der Waals surface area contributed by atoms with E-state index >= 15 is 0 Å². The molecule has 2 N–H and O–H groups in total. The lowest BCUT2D eigenvalue weighted by atomic mass is 10.1. The van der Waals surface area contributed by atoms with Crippen molar-refractivity contribution in [1.82, 2.24) is 4.90 Å². The number of nitrogens with zero attached hydrogens (tertiary/aromatic N) is 1.